The molecule has 1 heterocycles. The van der Waals surface area contributed by atoms with Crippen LogP contribution in [-0.2, 0) is 17.4 Å². The van der Waals surface area contributed by atoms with Gasteiger partial charge in [-0.25, -0.2) is 8.93 Å². The molecule has 0 radical (unpaired) electrons. The number of hydrogen-bond acceptors (Lipinski definition) is 2. The predicted molar refractivity (Wildman–Crippen MR) is 93.2 cm³/mol. The number of piperidine rings is 1. The van der Waals surface area contributed by atoms with Gasteiger partial charge in [0.1, 0.15) is 0 Å². The number of hydrogen-bond donors (Lipinski definition) is 2. The molecule has 1 aromatic rings. The van der Waals surface area contributed by atoms with E-state index in [-0.39, 0.29) is 16.2 Å². The van der Waals surface area contributed by atoms with E-state index in [4.69, 9.17) is 0 Å². The summed E-state index contributed by atoms with van der Waals surface area (Å²) in [6.45, 7) is 10.4. The van der Waals surface area contributed by atoms with Gasteiger partial charge < -0.3 is 5.32 Å². The van der Waals surface area contributed by atoms with Gasteiger partial charge in [0.15, 0.2) is 0 Å². The van der Waals surface area contributed by atoms with Crippen LogP contribution in [0.3, 0.4) is 0 Å². The highest BCUT2D eigenvalue weighted by atomic mass is 32.2. The van der Waals surface area contributed by atoms with E-state index in [0.29, 0.717) is 0 Å². The molecule has 0 aromatic heterocycles. The van der Waals surface area contributed by atoms with Crippen molar-refractivity contribution in [2.45, 2.75) is 57.7 Å². The van der Waals surface area contributed by atoms with Crippen molar-refractivity contribution in [1.29, 1.82) is 0 Å². The summed E-state index contributed by atoms with van der Waals surface area (Å²) in [5.74, 6) is 0. The highest BCUT2D eigenvalue weighted by molar-refractivity contribution is 7.84. The Hall–Kier alpha value is -0.710. The van der Waals surface area contributed by atoms with Gasteiger partial charge in [-0.1, -0.05) is 23.8 Å². The van der Waals surface area contributed by atoms with Crippen LogP contribution in [0.2, 0.25) is 0 Å². The average molecular weight is 321 g/mol. The zero-order valence-corrected chi connectivity index (χ0v) is 15.0. The second kappa shape index (κ2) is 5.73. The van der Waals surface area contributed by atoms with Gasteiger partial charge in [-0.15, -0.1) is 0 Å². The molecule has 1 aromatic carbocycles. The fraction of sp³-hybridized carbons (Fsp3) is 0.667. The molecule has 2 N–H and O–H groups in total. The Morgan fingerprint density at radius 3 is 2.59 bits per heavy atom. The van der Waals surface area contributed by atoms with Crippen molar-refractivity contribution in [2.75, 3.05) is 13.1 Å². The smallest absolute Gasteiger partial charge is 0.0976 e. The van der Waals surface area contributed by atoms with E-state index < -0.39 is 11.0 Å². The number of aryl methyl sites for hydroxylation is 1. The molecule has 4 heteroatoms. The third-order valence-corrected chi connectivity index (χ3v) is 6.71. The summed E-state index contributed by atoms with van der Waals surface area (Å²) in [6.07, 6.45) is 3.42. The molecule has 1 fully saturated rings. The molecule has 2 atom stereocenters. The van der Waals surface area contributed by atoms with Gasteiger partial charge in [0.25, 0.3) is 0 Å². The van der Waals surface area contributed by atoms with Gasteiger partial charge in [0.05, 0.1) is 21.8 Å². The molecule has 3 rings (SSSR count). The van der Waals surface area contributed by atoms with E-state index in [1.807, 2.05) is 20.8 Å². The molecular formula is C18H28N2OS. The lowest BCUT2D eigenvalue weighted by Gasteiger charge is -2.40. The zero-order chi connectivity index (χ0) is 16.0. The van der Waals surface area contributed by atoms with E-state index in [0.717, 1.165) is 32.4 Å². The molecule has 1 saturated heterocycles. The first kappa shape index (κ1) is 16.2. The molecule has 0 bridgehead atoms. The summed E-state index contributed by atoms with van der Waals surface area (Å²) in [4.78, 5) is 0. The van der Waals surface area contributed by atoms with E-state index in [1.165, 1.54) is 16.7 Å². The maximum atomic E-state index is 12.7. The fourth-order valence-corrected chi connectivity index (χ4v) is 4.76. The van der Waals surface area contributed by atoms with Gasteiger partial charge in [-0.2, -0.15) is 0 Å². The molecule has 1 spiro atoms. The van der Waals surface area contributed by atoms with Crippen LogP contribution in [0.5, 0.6) is 0 Å². The molecule has 22 heavy (non-hydrogen) atoms. The maximum Gasteiger partial charge on any atom is 0.0976 e. The van der Waals surface area contributed by atoms with Gasteiger partial charge in [-0.3, -0.25) is 0 Å². The van der Waals surface area contributed by atoms with Crippen LogP contribution in [0.1, 0.15) is 56.3 Å². The van der Waals surface area contributed by atoms with Crippen molar-refractivity contribution in [3.63, 3.8) is 0 Å². The third kappa shape index (κ3) is 2.89. The fourth-order valence-electron chi connectivity index (χ4n) is 3.82. The van der Waals surface area contributed by atoms with Crippen LogP contribution >= 0.6 is 0 Å². The monoisotopic (exact) mass is 320 g/mol. The zero-order valence-electron chi connectivity index (χ0n) is 14.2. The Morgan fingerprint density at radius 2 is 1.95 bits per heavy atom. The van der Waals surface area contributed by atoms with Crippen molar-refractivity contribution >= 4 is 11.0 Å². The quantitative estimate of drug-likeness (QED) is 0.879. The van der Waals surface area contributed by atoms with Crippen molar-refractivity contribution in [3.8, 4) is 0 Å². The number of nitrogens with one attached hydrogen (secondary N) is 2. The standard InChI is InChI=1S/C18H28N2OS/c1-13-5-6-14-12-18(7-9-19-10-8-18)16(15(14)11-13)20-22(21)17(2,3)4/h5-6,11,16,19-20H,7-10,12H2,1-4H3/t16-,22?/m1/s1. The normalized spacial score (nSPS) is 25.2. The minimum Gasteiger partial charge on any atom is -0.317 e. The Labute approximate surface area is 136 Å². The Morgan fingerprint density at radius 1 is 1.27 bits per heavy atom. The molecule has 0 amide bonds. The van der Waals surface area contributed by atoms with Crippen LogP contribution < -0.4 is 10.0 Å². The van der Waals surface area contributed by atoms with Crippen LogP contribution in [0.25, 0.3) is 0 Å². The Balaban J connectivity index is 1.97. The largest absolute Gasteiger partial charge is 0.317 e. The molecular weight excluding hydrogens is 292 g/mol. The van der Waals surface area contributed by atoms with Crippen LogP contribution in [0.4, 0.5) is 0 Å². The number of fused-ring (bicyclic) bond motifs is 1. The van der Waals surface area contributed by atoms with Crippen LogP contribution in [-0.4, -0.2) is 22.0 Å². The third-order valence-electron chi connectivity index (χ3n) is 5.15. The first-order chi connectivity index (χ1) is 10.3. The number of benzene rings is 1. The maximum absolute atomic E-state index is 12.7. The minimum atomic E-state index is -1.04. The van der Waals surface area contributed by atoms with Crippen molar-refractivity contribution < 1.29 is 4.21 Å². The molecule has 122 valence electrons. The van der Waals surface area contributed by atoms with E-state index in [9.17, 15) is 4.21 Å². The Kier molecular flexibility index (Phi) is 4.21. The van der Waals surface area contributed by atoms with Crippen molar-refractivity contribution in [1.82, 2.24) is 10.0 Å². The summed E-state index contributed by atoms with van der Waals surface area (Å²) in [7, 11) is -1.04. The van der Waals surface area contributed by atoms with Crippen LogP contribution in [0, 0.1) is 12.3 Å². The lowest BCUT2D eigenvalue weighted by molar-refractivity contribution is 0.164. The molecule has 1 aliphatic carbocycles. The number of rotatable bonds is 2. The summed E-state index contributed by atoms with van der Waals surface area (Å²) in [5.41, 5.74) is 4.33. The van der Waals surface area contributed by atoms with E-state index in [2.05, 4.69) is 35.2 Å². The van der Waals surface area contributed by atoms with Crippen molar-refractivity contribution in [2.24, 2.45) is 5.41 Å². The van der Waals surface area contributed by atoms with Gasteiger partial charge in [0, 0.05) is 0 Å². The second-order valence-corrected chi connectivity index (χ2v) is 9.92. The SMILES string of the molecule is Cc1ccc2c(c1)[C@@H](NS(=O)C(C)(C)C)C1(CCNCC1)C2. The van der Waals surface area contributed by atoms with E-state index in [1.54, 1.807) is 0 Å². The predicted octanol–water partition coefficient (Wildman–Crippen LogP) is 3.01. The van der Waals surface area contributed by atoms with Gasteiger partial charge >= 0.3 is 0 Å². The van der Waals surface area contributed by atoms with E-state index >= 15 is 0 Å². The molecule has 1 unspecified atom stereocenters. The highest BCUT2D eigenvalue weighted by Crippen LogP contribution is 2.51. The minimum absolute atomic E-state index is 0.213. The molecule has 2 aliphatic rings. The molecule has 1 aliphatic heterocycles. The average Bonchev–Trinajstić information content (AvgIpc) is 2.72. The summed E-state index contributed by atoms with van der Waals surface area (Å²) in [5, 5.41) is 3.47. The first-order valence-electron chi connectivity index (χ1n) is 8.30. The van der Waals surface area contributed by atoms with Crippen molar-refractivity contribution in [3.05, 3.63) is 34.9 Å². The summed E-state index contributed by atoms with van der Waals surface area (Å²) in [6, 6.07) is 6.99. The topological polar surface area (TPSA) is 41.1 Å². The highest BCUT2D eigenvalue weighted by Gasteiger charge is 2.47. The first-order valence-corrected chi connectivity index (χ1v) is 9.45. The van der Waals surface area contributed by atoms with Gasteiger partial charge in [-0.05, 0) is 76.6 Å². The summed E-state index contributed by atoms with van der Waals surface area (Å²) < 4.78 is 16.0. The van der Waals surface area contributed by atoms with Gasteiger partial charge in [0.2, 0.25) is 0 Å². The lowest BCUT2D eigenvalue weighted by atomic mass is 9.73. The second-order valence-electron chi connectivity index (χ2n) is 7.92. The molecule has 3 nitrogen and oxygen atoms in total. The molecule has 0 saturated carbocycles. The van der Waals surface area contributed by atoms with Crippen LogP contribution in [0.15, 0.2) is 18.2 Å². The summed E-state index contributed by atoms with van der Waals surface area (Å²) >= 11 is 0. The lowest BCUT2D eigenvalue weighted by Crippen LogP contribution is -2.46. The Bertz CT molecular complexity index is 585.